The van der Waals surface area contributed by atoms with E-state index in [1.165, 1.54) is 4.31 Å². The Morgan fingerprint density at radius 3 is 2.83 bits per heavy atom. The van der Waals surface area contributed by atoms with E-state index in [2.05, 4.69) is 0 Å². The Hall–Kier alpha value is -0.600. The predicted octanol–water partition coefficient (Wildman–Crippen LogP) is 0.324. The standard InChI is InChI=1S/C7H12N2O2S/c1-2-12(10,11)9-5-3-4-7(9)6-8/h7H,2-5H2,1H3/t7-/m0/s1. The van der Waals surface area contributed by atoms with E-state index < -0.39 is 16.1 Å². The summed E-state index contributed by atoms with van der Waals surface area (Å²) in [5.74, 6) is 0.0885. The van der Waals surface area contributed by atoms with Crippen molar-refractivity contribution >= 4 is 10.0 Å². The fourth-order valence-corrected chi connectivity index (χ4v) is 2.65. The van der Waals surface area contributed by atoms with Crippen molar-refractivity contribution in [3.8, 4) is 6.07 Å². The number of rotatable bonds is 2. The second-order valence-electron chi connectivity index (χ2n) is 2.80. The Bertz CT molecular complexity index is 291. The molecular weight excluding hydrogens is 176 g/mol. The molecule has 0 bridgehead atoms. The van der Waals surface area contributed by atoms with Gasteiger partial charge in [-0.3, -0.25) is 0 Å². The zero-order chi connectivity index (χ0) is 9.19. The first-order valence-electron chi connectivity index (χ1n) is 4.01. The topological polar surface area (TPSA) is 61.2 Å². The molecule has 0 N–H and O–H groups in total. The van der Waals surface area contributed by atoms with E-state index in [0.29, 0.717) is 13.0 Å². The highest BCUT2D eigenvalue weighted by Gasteiger charge is 2.32. The van der Waals surface area contributed by atoms with Gasteiger partial charge in [0, 0.05) is 6.54 Å². The van der Waals surface area contributed by atoms with Crippen molar-refractivity contribution < 1.29 is 8.42 Å². The molecule has 1 atom stereocenters. The maximum atomic E-state index is 11.3. The molecule has 5 heteroatoms. The Morgan fingerprint density at radius 2 is 2.33 bits per heavy atom. The zero-order valence-electron chi connectivity index (χ0n) is 7.02. The lowest BCUT2D eigenvalue weighted by Crippen LogP contribution is -2.35. The Labute approximate surface area is 72.8 Å². The molecule has 1 aliphatic rings. The minimum absolute atomic E-state index is 0.0885. The van der Waals surface area contributed by atoms with Crippen LogP contribution in [0.1, 0.15) is 19.8 Å². The van der Waals surface area contributed by atoms with E-state index in [-0.39, 0.29) is 5.75 Å². The van der Waals surface area contributed by atoms with Crippen LogP contribution in [0.4, 0.5) is 0 Å². The monoisotopic (exact) mass is 188 g/mol. The summed E-state index contributed by atoms with van der Waals surface area (Å²) in [6.45, 7) is 2.11. The molecule has 0 saturated carbocycles. The smallest absolute Gasteiger partial charge is 0.212 e. The third-order valence-corrected chi connectivity index (χ3v) is 3.96. The van der Waals surface area contributed by atoms with E-state index in [1.54, 1.807) is 6.92 Å². The Balaban J connectivity index is 2.83. The molecule has 1 saturated heterocycles. The second-order valence-corrected chi connectivity index (χ2v) is 5.01. The highest BCUT2D eigenvalue weighted by Crippen LogP contribution is 2.20. The van der Waals surface area contributed by atoms with Crippen molar-refractivity contribution in [3.05, 3.63) is 0 Å². The summed E-state index contributed by atoms with van der Waals surface area (Å²) in [4.78, 5) is 0. The van der Waals surface area contributed by atoms with Crippen LogP contribution in [-0.2, 0) is 10.0 Å². The Kier molecular flexibility index (Phi) is 2.70. The van der Waals surface area contributed by atoms with Gasteiger partial charge in [0.2, 0.25) is 10.0 Å². The van der Waals surface area contributed by atoms with Crippen LogP contribution >= 0.6 is 0 Å². The van der Waals surface area contributed by atoms with E-state index in [4.69, 9.17) is 5.26 Å². The van der Waals surface area contributed by atoms with Crippen molar-refractivity contribution in [1.82, 2.24) is 4.31 Å². The summed E-state index contributed by atoms with van der Waals surface area (Å²) in [5.41, 5.74) is 0. The summed E-state index contributed by atoms with van der Waals surface area (Å²) in [5, 5.41) is 8.64. The number of hydrogen-bond donors (Lipinski definition) is 0. The van der Waals surface area contributed by atoms with Crippen LogP contribution < -0.4 is 0 Å². The number of nitrogens with zero attached hydrogens (tertiary/aromatic N) is 2. The van der Waals surface area contributed by atoms with Gasteiger partial charge in [0.25, 0.3) is 0 Å². The molecule has 1 aliphatic heterocycles. The van der Waals surface area contributed by atoms with Gasteiger partial charge in [-0.05, 0) is 19.8 Å². The van der Waals surface area contributed by atoms with Crippen LogP contribution in [0, 0.1) is 11.3 Å². The highest BCUT2D eigenvalue weighted by atomic mass is 32.2. The van der Waals surface area contributed by atoms with Gasteiger partial charge in [-0.1, -0.05) is 0 Å². The number of nitriles is 1. The molecular formula is C7H12N2O2S. The molecule has 0 radical (unpaired) electrons. The average Bonchev–Trinajstić information content (AvgIpc) is 2.52. The molecule has 12 heavy (non-hydrogen) atoms. The highest BCUT2D eigenvalue weighted by molar-refractivity contribution is 7.89. The van der Waals surface area contributed by atoms with Gasteiger partial charge in [-0.25, -0.2) is 8.42 Å². The third kappa shape index (κ3) is 1.59. The fraction of sp³-hybridized carbons (Fsp3) is 0.857. The van der Waals surface area contributed by atoms with Crippen molar-refractivity contribution in [2.45, 2.75) is 25.8 Å². The number of sulfonamides is 1. The van der Waals surface area contributed by atoms with E-state index in [9.17, 15) is 8.42 Å². The molecule has 0 spiro atoms. The van der Waals surface area contributed by atoms with Gasteiger partial charge in [0.15, 0.2) is 0 Å². The van der Waals surface area contributed by atoms with Crippen LogP contribution in [-0.4, -0.2) is 31.1 Å². The first-order valence-corrected chi connectivity index (χ1v) is 5.62. The molecule has 68 valence electrons. The van der Waals surface area contributed by atoms with E-state index >= 15 is 0 Å². The van der Waals surface area contributed by atoms with Crippen molar-refractivity contribution in [1.29, 1.82) is 5.26 Å². The fourth-order valence-electron chi connectivity index (χ4n) is 1.37. The lowest BCUT2D eigenvalue weighted by Gasteiger charge is -2.17. The van der Waals surface area contributed by atoms with Crippen molar-refractivity contribution in [3.63, 3.8) is 0 Å². The number of hydrogen-bond acceptors (Lipinski definition) is 3. The molecule has 0 unspecified atom stereocenters. The van der Waals surface area contributed by atoms with Crippen LogP contribution in [0.25, 0.3) is 0 Å². The van der Waals surface area contributed by atoms with Crippen molar-refractivity contribution in [2.75, 3.05) is 12.3 Å². The maximum absolute atomic E-state index is 11.3. The summed E-state index contributed by atoms with van der Waals surface area (Å²) >= 11 is 0. The second kappa shape index (κ2) is 3.42. The van der Waals surface area contributed by atoms with Crippen molar-refractivity contribution in [2.24, 2.45) is 0 Å². The normalized spacial score (nSPS) is 25.5. The third-order valence-electron chi connectivity index (χ3n) is 2.07. The molecule has 0 aromatic heterocycles. The predicted molar refractivity (Wildman–Crippen MR) is 44.8 cm³/mol. The summed E-state index contributed by atoms with van der Waals surface area (Å²) < 4.78 is 24.0. The summed E-state index contributed by atoms with van der Waals surface area (Å²) in [6.07, 6.45) is 1.48. The van der Waals surface area contributed by atoms with Crippen LogP contribution in [0.5, 0.6) is 0 Å². The summed E-state index contributed by atoms with van der Waals surface area (Å²) in [7, 11) is -3.15. The van der Waals surface area contributed by atoms with E-state index in [0.717, 1.165) is 6.42 Å². The SMILES string of the molecule is CCS(=O)(=O)N1CCC[C@H]1C#N. The van der Waals surface area contributed by atoms with Gasteiger partial charge in [-0.2, -0.15) is 9.57 Å². The Morgan fingerprint density at radius 1 is 1.67 bits per heavy atom. The molecule has 1 fully saturated rings. The van der Waals surface area contributed by atoms with Crippen LogP contribution in [0.2, 0.25) is 0 Å². The first-order chi connectivity index (χ1) is 5.61. The van der Waals surface area contributed by atoms with Crippen LogP contribution in [0.15, 0.2) is 0 Å². The summed E-state index contributed by atoms with van der Waals surface area (Å²) in [6, 6.07) is 1.58. The largest absolute Gasteiger partial charge is 0.215 e. The molecule has 0 aliphatic carbocycles. The lowest BCUT2D eigenvalue weighted by molar-refractivity contribution is 0.438. The zero-order valence-corrected chi connectivity index (χ0v) is 7.84. The van der Waals surface area contributed by atoms with E-state index in [1.807, 2.05) is 6.07 Å². The molecule has 0 aromatic carbocycles. The van der Waals surface area contributed by atoms with Gasteiger partial charge in [0.05, 0.1) is 11.8 Å². The quantitative estimate of drug-likeness (QED) is 0.627. The van der Waals surface area contributed by atoms with Gasteiger partial charge in [0.1, 0.15) is 6.04 Å². The molecule has 0 aromatic rings. The van der Waals surface area contributed by atoms with Gasteiger partial charge >= 0.3 is 0 Å². The minimum Gasteiger partial charge on any atom is -0.212 e. The molecule has 4 nitrogen and oxygen atoms in total. The molecule has 1 rings (SSSR count). The molecule has 1 heterocycles. The maximum Gasteiger partial charge on any atom is 0.215 e. The minimum atomic E-state index is -3.15. The lowest BCUT2D eigenvalue weighted by atomic mass is 10.2. The van der Waals surface area contributed by atoms with Crippen LogP contribution in [0.3, 0.4) is 0 Å². The van der Waals surface area contributed by atoms with Gasteiger partial charge in [-0.15, -0.1) is 0 Å². The molecule has 0 amide bonds. The van der Waals surface area contributed by atoms with Gasteiger partial charge < -0.3 is 0 Å². The average molecular weight is 188 g/mol. The first kappa shape index (κ1) is 9.49.